The number of carbonyl (C=O) groups is 1. The van der Waals surface area contributed by atoms with E-state index in [2.05, 4.69) is 23.4 Å². The zero-order valence-electron chi connectivity index (χ0n) is 10.7. The highest BCUT2D eigenvalue weighted by atomic mass is 32.2. The minimum Gasteiger partial charge on any atom is -0.350 e. The van der Waals surface area contributed by atoms with Crippen LogP contribution in [0.25, 0.3) is 0 Å². The third-order valence-electron chi connectivity index (χ3n) is 2.31. The Balaban J connectivity index is 2.53. The van der Waals surface area contributed by atoms with Gasteiger partial charge in [-0.05, 0) is 31.4 Å². The average molecular weight is 282 g/mol. The Morgan fingerprint density at radius 1 is 1.67 bits per heavy atom. The van der Waals surface area contributed by atoms with Crippen molar-refractivity contribution < 1.29 is 4.79 Å². The molecule has 1 aromatic heterocycles. The summed E-state index contributed by atoms with van der Waals surface area (Å²) in [5, 5.41) is 4.81. The maximum atomic E-state index is 11.9. The van der Waals surface area contributed by atoms with Crippen LogP contribution in [0.1, 0.15) is 28.6 Å². The predicted molar refractivity (Wildman–Crippen MR) is 80.2 cm³/mol. The van der Waals surface area contributed by atoms with E-state index in [0.29, 0.717) is 12.1 Å². The molecule has 0 saturated carbocycles. The van der Waals surface area contributed by atoms with Gasteiger partial charge in [0.05, 0.1) is 17.0 Å². The maximum Gasteiger partial charge on any atom is 0.252 e. The first-order chi connectivity index (χ1) is 8.67. The second-order valence-corrected chi connectivity index (χ2v) is 5.76. The highest BCUT2D eigenvalue weighted by Gasteiger charge is 2.10. The summed E-state index contributed by atoms with van der Waals surface area (Å²) in [7, 11) is 0. The van der Waals surface area contributed by atoms with Crippen LogP contribution in [0.2, 0.25) is 0 Å². The van der Waals surface area contributed by atoms with Gasteiger partial charge < -0.3 is 11.1 Å². The van der Waals surface area contributed by atoms with Crippen LogP contribution < -0.4 is 11.1 Å². The number of nitrogens with two attached hydrogens (primary N) is 1. The van der Waals surface area contributed by atoms with Crippen molar-refractivity contribution in [2.24, 2.45) is 5.73 Å². The van der Waals surface area contributed by atoms with E-state index in [0.717, 1.165) is 17.1 Å². The smallest absolute Gasteiger partial charge is 0.252 e. The van der Waals surface area contributed by atoms with Gasteiger partial charge >= 0.3 is 0 Å². The highest BCUT2D eigenvalue weighted by Crippen LogP contribution is 2.13. The number of hydrogen-bond acceptors (Lipinski definition) is 4. The average Bonchev–Trinajstić information content (AvgIpc) is 2.82. The normalized spacial score (nSPS) is 11.5. The summed E-state index contributed by atoms with van der Waals surface area (Å²) >= 11 is 3.26. The summed E-state index contributed by atoms with van der Waals surface area (Å²) in [5.74, 6) is 6.73. The molecule has 0 bridgehead atoms. The van der Waals surface area contributed by atoms with Crippen LogP contribution in [0.15, 0.2) is 11.4 Å². The van der Waals surface area contributed by atoms with Crippen LogP contribution in [-0.2, 0) is 0 Å². The van der Waals surface area contributed by atoms with Crippen molar-refractivity contribution in [1.82, 2.24) is 5.32 Å². The lowest BCUT2D eigenvalue weighted by Gasteiger charge is -2.12. The van der Waals surface area contributed by atoms with Gasteiger partial charge in [-0.15, -0.1) is 11.3 Å². The van der Waals surface area contributed by atoms with Gasteiger partial charge in [0, 0.05) is 11.4 Å². The van der Waals surface area contributed by atoms with Gasteiger partial charge in [0.15, 0.2) is 0 Å². The molecule has 0 aliphatic heterocycles. The molecule has 1 amide bonds. The predicted octanol–water partition coefficient (Wildman–Crippen LogP) is 1.93. The first-order valence-electron chi connectivity index (χ1n) is 5.74. The molecule has 1 unspecified atom stereocenters. The molecule has 0 aliphatic rings. The van der Waals surface area contributed by atoms with E-state index in [1.54, 1.807) is 11.8 Å². The van der Waals surface area contributed by atoms with Crippen molar-refractivity contribution in [3.8, 4) is 11.8 Å². The summed E-state index contributed by atoms with van der Waals surface area (Å²) in [5.41, 5.74) is 5.98. The Labute approximate surface area is 117 Å². The van der Waals surface area contributed by atoms with Crippen LogP contribution in [0.4, 0.5) is 0 Å². The highest BCUT2D eigenvalue weighted by molar-refractivity contribution is 7.98. The fraction of sp³-hybridized carbons (Fsp3) is 0.462. The minimum absolute atomic E-state index is 0.0272. The van der Waals surface area contributed by atoms with E-state index in [-0.39, 0.29) is 11.9 Å². The molecule has 1 rings (SSSR count). The van der Waals surface area contributed by atoms with Crippen LogP contribution >= 0.6 is 23.1 Å². The Morgan fingerprint density at radius 3 is 3.11 bits per heavy atom. The molecule has 3 nitrogen and oxygen atoms in total. The fourth-order valence-electron chi connectivity index (χ4n) is 1.33. The molecule has 5 heteroatoms. The number of thioether (sulfide) groups is 1. The lowest BCUT2D eigenvalue weighted by molar-refractivity contribution is 0.0940. The molecule has 0 spiro atoms. The van der Waals surface area contributed by atoms with Gasteiger partial charge in [-0.2, -0.15) is 11.8 Å². The van der Waals surface area contributed by atoms with E-state index in [4.69, 9.17) is 5.73 Å². The number of carbonyl (C=O) groups excluding carboxylic acids is 1. The van der Waals surface area contributed by atoms with E-state index in [9.17, 15) is 4.79 Å². The van der Waals surface area contributed by atoms with Gasteiger partial charge in [-0.3, -0.25) is 4.79 Å². The molecule has 18 heavy (non-hydrogen) atoms. The number of rotatable bonds is 5. The Kier molecular flexibility index (Phi) is 6.88. The van der Waals surface area contributed by atoms with Gasteiger partial charge in [0.2, 0.25) is 0 Å². The molecule has 0 aromatic carbocycles. The molecule has 0 radical (unpaired) electrons. The number of thiophene rings is 1. The Bertz CT molecular complexity index is 445. The summed E-state index contributed by atoms with van der Waals surface area (Å²) < 4.78 is 0. The summed E-state index contributed by atoms with van der Waals surface area (Å²) in [6.45, 7) is 2.36. The lowest BCUT2D eigenvalue weighted by atomic mass is 10.2. The van der Waals surface area contributed by atoms with Crippen LogP contribution in [0, 0.1) is 11.8 Å². The minimum atomic E-state index is -0.0272. The molecule has 1 aromatic rings. The number of nitrogens with one attached hydrogen (secondary N) is 1. The van der Waals surface area contributed by atoms with Crippen molar-refractivity contribution in [3.05, 3.63) is 21.9 Å². The van der Waals surface area contributed by atoms with Crippen molar-refractivity contribution in [3.63, 3.8) is 0 Å². The fourth-order valence-corrected chi connectivity index (χ4v) is 2.68. The molecule has 0 saturated heterocycles. The molecular formula is C13H18N2OS2. The second-order valence-electron chi connectivity index (χ2n) is 3.86. The summed E-state index contributed by atoms with van der Waals surface area (Å²) in [6, 6.07) is 2.01. The van der Waals surface area contributed by atoms with Gasteiger partial charge in [0.1, 0.15) is 0 Å². The first kappa shape index (κ1) is 15.1. The lowest BCUT2D eigenvalue weighted by Crippen LogP contribution is -2.32. The Hall–Kier alpha value is -0.960. The molecule has 0 fully saturated rings. The SMILES string of the molecule is CSCCC(C)NC(=O)c1csc(C#CCN)c1. The quantitative estimate of drug-likeness (QED) is 0.811. The van der Waals surface area contributed by atoms with E-state index in [1.165, 1.54) is 11.3 Å². The van der Waals surface area contributed by atoms with Crippen molar-refractivity contribution in [2.75, 3.05) is 18.6 Å². The topological polar surface area (TPSA) is 55.1 Å². The van der Waals surface area contributed by atoms with Crippen LogP contribution in [-0.4, -0.2) is 30.5 Å². The number of hydrogen-bond donors (Lipinski definition) is 2. The zero-order valence-corrected chi connectivity index (χ0v) is 12.3. The Morgan fingerprint density at radius 2 is 2.44 bits per heavy atom. The summed E-state index contributed by atoms with van der Waals surface area (Å²) in [4.78, 5) is 12.8. The van der Waals surface area contributed by atoms with E-state index < -0.39 is 0 Å². The van der Waals surface area contributed by atoms with Gasteiger partial charge in [-0.1, -0.05) is 11.8 Å². The van der Waals surface area contributed by atoms with Crippen molar-refractivity contribution >= 4 is 29.0 Å². The van der Waals surface area contributed by atoms with E-state index >= 15 is 0 Å². The van der Waals surface area contributed by atoms with Gasteiger partial charge in [-0.25, -0.2) is 0 Å². The monoisotopic (exact) mass is 282 g/mol. The molecule has 0 aliphatic carbocycles. The zero-order chi connectivity index (χ0) is 13.4. The maximum absolute atomic E-state index is 11.9. The second kappa shape index (κ2) is 8.20. The van der Waals surface area contributed by atoms with Crippen LogP contribution in [0.3, 0.4) is 0 Å². The third kappa shape index (κ3) is 5.13. The number of amides is 1. The molecule has 1 heterocycles. The standard InChI is InChI=1S/C13H18N2OS2/c1-10(5-7-17-2)15-13(16)11-8-12(18-9-11)4-3-6-14/h8-10H,5-7,14H2,1-2H3,(H,15,16). The molecular weight excluding hydrogens is 264 g/mol. The largest absolute Gasteiger partial charge is 0.350 e. The van der Waals surface area contributed by atoms with Crippen LogP contribution in [0.5, 0.6) is 0 Å². The summed E-state index contributed by atoms with van der Waals surface area (Å²) in [6.07, 6.45) is 3.05. The molecule has 1 atom stereocenters. The van der Waals surface area contributed by atoms with E-state index in [1.807, 2.05) is 18.4 Å². The molecule has 98 valence electrons. The van der Waals surface area contributed by atoms with Crippen molar-refractivity contribution in [2.45, 2.75) is 19.4 Å². The third-order valence-corrected chi connectivity index (χ3v) is 3.80. The van der Waals surface area contributed by atoms with Crippen molar-refractivity contribution in [1.29, 1.82) is 0 Å². The van der Waals surface area contributed by atoms with Gasteiger partial charge in [0.25, 0.3) is 5.91 Å². The molecule has 3 N–H and O–H groups in total. The first-order valence-corrected chi connectivity index (χ1v) is 8.02.